The zero-order valence-electron chi connectivity index (χ0n) is 15.9. The van der Waals surface area contributed by atoms with E-state index in [0.717, 1.165) is 40.4 Å². The Bertz CT molecular complexity index is 903. The molecule has 3 rings (SSSR count). The van der Waals surface area contributed by atoms with Crippen molar-refractivity contribution >= 4 is 17.2 Å². The summed E-state index contributed by atoms with van der Waals surface area (Å²) < 4.78 is 5.30. The van der Waals surface area contributed by atoms with E-state index in [2.05, 4.69) is 35.0 Å². The molecular weight excluding hydrogens is 356 g/mol. The average molecular weight is 381 g/mol. The zero-order valence-corrected chi connectivity index (χ0v) is 16.7. The molecule has 4 nitrogen and oxygen atoms in total. The number of ether oxygens (including phenoxy) is 1. The molecule has 27 heavy (non-hydrogen) atoms. The van der Waals surface area contributed by atoms with E-state index in [9.17, 15) is 4.79 Å². The second kappa shape index (κ2) is 8.82. The maximum absolute atomic E-state index is 11.1. The number of aryl methyl sites for hydroxylation is 1. The van der Waals surface area contributed by atoms with Gasteiger partial charge in [-0.15, -0.1) is 11.3 Å². The molecule has 0 saturated heterocycles. The van der Waals surface area contributed by atoms with Crippen molar-refractivity contribution in [2.24, 2.45) is 0 Å². The summed E-state index contributed by atoms with van der Waals surface area (Å²) in [6.07, 6.45) is 1.86. The summed E-state index contributed by atoms with van der Waals surface area (Å²) in [4.78, 5) is 15.9. The first-order valence-corrected chi connectivity index (χ1v) is 9.89. The lowest BCUT2D eigenvalue weighted by Gasteiger charge is -2.12. The van der Waals surface area contributed by atoms with E-state index >= 15 is 0 Å². The van der Waals surface area contributed by atoms with Crippen LogP contribution in [0.2, 0.25) is 0 Å². The third kappa shape index (κ3) is 5.17. The molecule has 1 aromatic heterocycles. The Morgan fingerprint density at radius 2 is 1.96 bits per heavy atom. The van der Waals surface area contributed by atoms with Crippen LogP contribution in [0.15, 0.2) is 53.9 Å². The van der Waals surface area contributed by atoms with Gasteiger partial charge in [-0.2, -0.15) is 0 Å². The number of benzene rings is 2. The highest BCUT2D eigenvalue weighted by atomic mass is 32.1. The first-order chi connectivity index (χ1) is 13.0. The van der Waals surface area contributed by atoms with Crippen LogP contribution < -0.4 is 10.1 Å². The van der Waals surface area contributed by atoms with Gasteiger partial charge in [-0.3, -0.25) is 4.79 Å². The summed E-state index contributed by atoms with van der Waals surface area (Å²) in [5.74, 6) is 0.857. The Morgan fingerprint density at radius 3 is 2.67 bits per heavy atom. The lowest BCUT2D eigenvalue weighted by molar-refractivity contribution is -0.119. The summed E-state index contributed by atoms with van der Waals surface area (Å²) in [5, 5.41) is 5.99. The molecule has 1 amide bonds. The Kier molecular flexibility index (Phi) is 6.24. The second-order valence-electron chi connectivity index (χ2n) is 6.61. The normalized spacial score (nSPS) is 11.8. The van der Waals surface area contributed by atoms with Crippen LogP contribution in [0.5, 0.6) is 5.75 Å². The Morgan fingerprint density at radius 1 is 1.19 bits per heavy atom. The fourth-order valence-electron chi connectivity index (χ4n) is 2.94. The molecule has 140 valence electrons. The topological polar surface area (TPSA) is 51.2 Å². The third-order valence-electron chi connectivity index (χ3n) is 4.39. The van der Waals surface area contributed by atoms with E-state index < -0.39 is 0 Å². The predicted molar refractivity (Wildman–Crippen MR) is 111 cm³/mol. The maximum Gasteiger partial charge on any atom is 0.217 e. The van der Waals surface area contributed by atoms with Crippen LogP contribution >= 0.6 is 11.3 Å². The van der Waals surface area contributed by atoms with Crippen LogP contribution in [0.3, 0.4) is 0 Å². The van der Waals surface area contributed by atoms with Gasteiger partial charge in [-0.25, -0.2) is 4.98 Å². The molecule has 0 radical (unpaired) electrons. The van der Waals surface area contributed by atoms with Crippen LogP contribution in [0.4, 0.5) is 0 Å². The summed E-state index contributed by atoms with van der Waals surface area (Å²) in [6, 6.07) is 16.7. The van der Waals surface area contributed by atoms with Crippen molar-refractivity contribution < 1.29 is 9.53 Å². The highest BCUT2D eigenvalue weighted by Crippen LogP contribution is 2.30. The van der Waals surface area contributed by atoms with Crippen molar-refractivity contribution in [2.45, 2.75) is 32.7 Å². The van der Waals surface area contributed by atoms with Crippen molar-refractivity contribution in [1.82, 2.24) is 10.3 Å². The van der Waals surface area contributed by atoms with Crippen molar-refractivity contribution in [3.05, 3.63) is 59.5 Å². The molecule has 0 aliphatic heterocycles. The molecular formula is C22H24N2O2S. The van der Waals surface area contributed by atoms with Gasteiger partial charge in [0.25, 0.3) is 0 Å². The molecule has 0 spiro atoms. The maximum atomic E-state index is 11.1. The molecule has 0 aliphatic carbocycles. The largest absolute Gasteiger partial charge is 0.497 e. The van der Waals surface area contributed by atoms with Crippen LogP contribution in [0.1, 0.15) is 25.8 Å². The molecule has 0 aliphatic rings. The molecule has 1 N–H and O–H groups in total. The zero-order chi connectivity index (χ0) is 19.2. The van der Waals surface area contributed by atoms with E-state index in [0.29, 0.717) is 0 Å². The molecule has 5 heteroatoms. The quantitative estimate of drug-likeness (QED) is 0.631. The van der Waals surface area contributed by atoms with E-state index in [-0.39, 0.29) is 11.9 Å². The molecule has 1 heterocycles. The number of amides is 1. The van der Waals surface area contributed by atoms with Gasteiger partial charge in [-0.1, -0.05) is 36.4 Å². The summed E-state index contributed by atoms with van der Waals surface area (Å²) in [5.41, 5.74) is 4.42. The number of nitrogens with one attached hydrogen (secondary N) is 1. The summed E-state index contributed by atoms with van der Waals surface area (Å²) in [6.45, 7) is 3.59. The number of thiazole rings is 1. The molecule has 0 bridgehead atoms. The Balaban J connectivity index is 1.67. The number of rotatable bonds is 7. The fraction of sp³-hybridized carbons (Fsp3) is 0.273. The molecule has 2 aromatic carbocycles. The second-order valence-corrected chi connectivity index (χ2v) is 7.47. The minimum Gasteiger partial charge on any atom is -0.497 e. The Hall–Kier alpha value is -2.66. The van der Waals surface area contributed by atoms with Gasteiger partial charge in [0.1, 0.15) is 10.8 Å². The standard InChI is InChI=1S/C22H24N2O2S/c1-15(23-16(2)25)7-8-17-9-11-18(12-10-17)21-14-27-22(24-21)19-5-4-6-20(13-19)26-3/h4-6,9-15H,7-8H2,1-3H3,(H,23,25)/t15-/m0/s1. The van der Waals surface area contributed by atoms with Gasteiger partial charge in [-0.05, 0) is 37.5 Å². The minimum atomic E-state index is 0.0215. The monoisotopic (exact) mass is 380 g/mol. The smallest absolute Gasteiger partial charge is 0.217 e. The number of carbonyl (C=O) groups is 1. The molecule has 0 fully saturated rings. The van der Waals surface area contributed by atoms with Crippen LogP contribution in [-0.4, -0.2) is 24.0 Å². The molecule has 3 aromatic rings. The average Bonchev–Trinajstić information content (AvgIpc) is 3.16. The van der Waals surface area contributed by atoms with Gasteiger partial charge in [0, 0.05) is 29.5 Å². The van der Waals surface area contributed by atoms with Gasteiger partial charge < -0.3 is 10.1 Å². The molecule has 1 atom stereocenters. The molecule has 0 saturated carbocycles. The number of hydrogen-bond acceptors (Lipinski definition) is 4. The van der Waals surface area contributed by atoms with Gasteiger partial charge in [0.15, 0.2) is 0 Å². The van der Waals surface area contributed by atoms with Crippen molar-refractivity contribution in [3.8, 4) is 27.6 Å². The first kappa shape index (κ1) is 19.1. The van der Waals surface area contributed by atoms with E-state index in [4.69, 9.17) is 9.72 Å². The highest BCUT2D eigenvalue weighted by Gasteiger charge is 2.08. The first-order valence-electron chi connectivity index (χ1n) is 9.01. The minimum absolute atomic E-state index is 0.0215. The number of aromatic nitrogens is 1. The summed E-state index contributed by atoms with van der Waals surface area (Å²) in [7, 11) is 1.67. The summed E-state index contributed by atoms with van der Waals surface area (Å²) >= 11 is 1.63. The van der Waals surface area contributed by atoms with E-state index in [1.54, 1.807) is 25.4 Å². The number of nitrogens with zero attached hydrogens (tertiary/aromatic N) is 1. The highest BCUT2D eigenvalue weighted by molar-refractivity contribution is 7.13. The van der Waals surface area contributed by atoms with Crippen molar-refractivity contribution in [3.63, 3.8) is 0 Å². The van der Waals surface area contributed by atoms with Crippen LogP contribution in [0.25, 0.3) is 21.8 Å². The van der Waals surface area contributed by atoms with Gasteiger partial charge in [0.2, 0.25) is 5.91 Å². The fourth-order valence-corrected chi connectivity index (χ4v) is 3.77. The van der Waals surface area contributed by atoms with Crippen molar-refractivity contribution in [1.29, 1.82) is 0 Å². The van der Waals surface area contributed by atoms with Crippen molar-refractivity contribution in [2.75, 3.05) is 7.11 Å². The SMILES string of the molecule is COc1cccc(-c2nc(-c3ccc(CC[C@H](C)NC(C)=O)cc3)cs2)c1. The van der Waals surface area contributed by atoms with Crippen LogP contribution in [0, 0.1) is 0 Å². The number of carbonyl (C=O) groups excluding carboxylic acids is 1. The van der Waals surface area contributed by atoms with E-state index in [1.807, 2.05) is 31.2 Å². The van der Waals surface area contributed by atoms with Gasteiger partial charge in [0.05, 0.1) is 12.8 Å². The predicted octanol–water partition coefficient (Wildman–Crippen LogP) is 4.94. The lowest BCUT2D eigenvalue weighted by Crippen LogP contribution is -2.30. The number of methoxy groups -OCH3 is 1. The van der Waals surface area contributed by atoms with Crippen LogP contribution in [-0.2, 0) is 11.2 Å². The Labute approximate surface area is 164 Å². The van der Waals surface area contributed by atoms with Gasteiger partial charge >= 0.3 is 0 Å². The third-order valence-corrected chi connectivity index (χ3v) is 5.28. The lowest BCUT2D eigenvalue weighted by atomic mass is 10.0. The number of hydrogen-bond donors (Lipinski definition) is 1. The molecule has 0 unspecified atom stereocenters. The van der Waals surface area contributed by atoms with E-state index in [1.165, 1.54) is 5.56 Å².